The van der Waals surface area contributed by atoms with Crippen molar-refractivity contribution in [1.29, 1.82) is 0 Å². The molecule has 0 aromatic carbocycles. The van der Waals surface area contributed by atoms with Gasteiger partial charge in [-0.2, -0.15) is 12.6 Å². The molecule has 0 bridgehead atoms. The largest absolute Gasteiger partial charge is 0.325 e. The molecule has 4 nitrogen and oxygen atoms in total. The van der Waals surface area contributed by atoms with Crippen molar-refractivity contribution < 1.29 is 9.59 Å². The smallest absolute Gasteiger partial charge is 0.323 e. The number of hydrogen-bond donors (Lipinski definition) is 2. The predicted octanol–water partition coefficient (Wildman–Crippen LogP) is 1.95. The lowest BCUT2D eigenvalue weighted by molar-refractivity contribution is -0.132. The SMILES string of the molecule is O=C1NC2(CCCCC2)C(=O)N1CCCCS. The lowest BCUT2D eigenvalue weighted by Crippen LogP contribution is -2.48. The molecule has 0 unspecified atom stereocenters. The highest BCUT2D eigenvalue weighted by molar-refractivity contribution is 7.80. The number of carbonyl (C=O) groups is 2. The maximum absolute atomic E-state index is 12.3. The summed E-state index contributed by atoms with van der Waals surface area (Å²) in [5.41, 5.74) is -0.559. The number of imide groups is 1. The second kappa shape index (κ2) is 5.29. The van der Waals surface area contributed by atoms with Crippen LogP contribution in [0.1, 0.15) is 44.9 Å². The molecule has 1 aliphatic carbocycles. The Morgan fingerprint density at radius 1 is 1.18 bits per heavy atom. The summed E-state index contributed by atoms with van der Waals surface area (Å²) >= 11 is 4.13. The summed E-state index contributed by atoms with van der Waals surface area (Å²) < 4.78 is 0. The van der Waals surface area contributed by atoms with E-state index in [1.807, 2.05) is 0 Å². The first-order valence-corrected chi connectivity index (χ1v) is 7.08. The molecule has 17 heavy (non-hydrogen) atoms. The first-order chi connectivity index (χ1) is 8.19. The minimum Gasteiger partial charge on any atom is -0.323 e. The van der Waals surface area contributed by atoms with Crippen LogP contribution in [0.2, 0.25) is 0 Å². The van der Waals surface area contributed by atoms with Crippen LogP contribution in [0, 0.1) is 0 Å². The van der Waals surface area contributed by atoms with E-state index in [1.165, 1.54) is 11.3 Å². The van der Waals surface area contributed by atoms with Gasteiger partial charge in [0.25, 0.3) is 5.91 Å². The molecule has 2 aliphatic rings. The Labute approximate surface area is 108 Å². The van der Waals surface area contributed by atoms with Crippen LogP contribution in [0.4, 0.5) is 4.79 Å². The number of amides is 3. The molecular formula is C12H20N2O2S. The molecule has 0 aromatic rings. The van der Waals surface area contributed by atoms with E-state index in [0.717, 1.165) is 44.3 Å². The van der Waals surface area contributed by atoms with Crippen molar-refractivity contribution in [2.45, 2.75) is 50.5 Å². The zero-order valence-electron chi connectivity index (χ0n) is 10.1. The Balaban J connectivity index is 2.00. The Kier molecular flexibility index (Phi) is 3.97. The third-order valence-electron chi connectivity index (χ3n) is 3.74. The lowest BCUT2D eigenvalue weighted by Gasteiger charge is -2.30. The molecule has 0 aromatic heterocycles. The molecule has 5 heteroatoms. The van der Waals surface area contributed by atoms with Gasteiger partial charge in [0.2, 0.25) is 0 Å². The summed E-state index contributed by atoms with van der Waals surface area (Å²) in [5, 5.41) is 2.91. The van der Waals surface area contributed by atoms with Gasteiger partial charge in [-0.3, -0.25) is 9.69 Å². The molecule has 1 N–H and O–H groups in total. The number of hydrogen-bond acceptors (Lipinski definition) is 3. The van der Waals surface area contributed by atoms with Crippen LogP contribution in [0.3, 0.4) is 0 Å². The number of rotatable bonds is 4. The van der Waals surface area contributed by atoms with E-state index in [-0.39, 0.29) is 11.9 Å². The molecule has 1 saturated carbocycles. The molecule has 2 rings (SSSR count). The van der Waals surface area contributed by atoms with Crippen molar-refractivity contribution in [2.75, 3.05) is 12.3 Å². The summed E-state index contributed by atoms with van der Waals surface area (Å²) in [6.07, 6.45) is 6.64. The minimum absolute atomic E-state index is 0.00126. The molecular weight excluding hydrogens is 236 g/mol. The summed E-state index contributed by atoms with van der Waals surface area (Å²) in [5.74, 6) is 0.802. The van der Waals surface area contributed by atoms with Gasteiger partial charge in [0.15, 0.2) is 0 Å². The van der Waals surface area contributed by atoms with Gasteiger partial charge in [-0.05, 0) is 31.4 Å². The maximum Gasteiger partial charge on any atom is 0.325 e. The third kappa shape index (κ3) is 2.44. The van der Waals surface area contributed by atoms with Gasteiger partial charge in [-0.25, -0.2) is 4.79 Å². The van der Waals surface area contributed by atoms with Crippen LogP contribution in [0.25, 0.3) is 0 Å². The van der Waals surface area contributed by atoms with Crippen molar-refractivity contribution >= 4 is 24.6 Å². The minimum atomic E-state index is -0.559. The Morgan fingerprint density at radius 2 is 1.88 bits per heavy atom. The molecule has 2 fully saturated rings. The number of urea groups is 1. The van der Waals surface area contributed by atoms with E-state index in [1.54, 1.807) is 0 Å². The monoisotopic (exact) mass is 256 g/mol. The van der Waals surface area contributed by atoms with Crippen LogP contribution in [-0.2, 0) is 4.79 Å². The third-order valence-corrected chi connectivity index (χ3v) is 4.06. The molecule has 0 atom stereocenters. The van der Waals surface area contributed by atoms with E-state index >= 15 is 0 Å². The normalized spacial score (nSPS) is 23.2. The second-order valence-corrected chi connectivity index (χ2v) is 5.41. The van der Waals surface area contributed by atoms with E-state index in [2.05, 4.69) is 17.9 Å². The summed E-state index contributed by atoms with van der Waals surface area (Å²) in [6, 6.07) is -0.198. The van der Waals surface area contributed by atoms with Crippen molar-refractivity contribution in [1.82, 2.24) is 10.2 Å². The quantitative estimate of drug-likeness (QED) is 0.459. The fourth-order valence-corrected chi connectivity index (χ4v) is 2.98. The standard InChI is InChI=1S/C12H20N2O2S/c15-10-12(6-2-1-3-7-12)13-11(16)14(10)8-4-5-9-17/h17H,1-9H2,(H,13,16). The maximum atomic E-state index is 12.3. The topological polar surface area (TPSA) is 49.4 Å². The first-order valence-electron chi connectivity index (χ1n) is 6.45. The zero-order valence-corrected chi connectivity index (χ0v) is 11.0. The van der Waals surface area contributed by atoms with Crippen molar-refractivity contribution in [2.24, 2.45) is 0 Å². The molecule has 1 saturated heterocycles. The van der Waals surface area contributed by atoms with E-state index < -0.39 is 5.54 Å². The van der Waals surface area contributed by atoms with Gasteiger partial charge >= 0.3 is 6.03 Å². The summed E-state index contributed by atoms with van der Waals surface area (Å²) in [6.45, 7) is 0.535. The number of nitrogens with zero attached hydrogens (tertiary/aromatic N) is 1. The summed E-state index contributed by atoms with van der Waals surface area (Å²) in [7, 11) is 0. The lowest BCUT2D eigenvalue weighted by atomic mass is 9.82. The number of thiol groups is 1. The van der Waals surface area contributed by atoms with Gasteiger partial charge in [0, 0.05) is 6.54 Å². The number of carbonyl (C=O) groups excluding carboxylic acids is 2. The van der Waals surface area contributed by atoms with Crippen LogP contribution in [0.15, 0.2) is 0 Å². The molecule has 1 spiro atoms. The van der Waals surface area contributed by atoms with Gasteiger partial charge < -0.3 is 5.32 Å². The fraction of sp³-hybridized carbons (Fsp3) is 0.833. The molecule has 0 radical (unpaired) electrons. The highest BCUT2D eigenvalue weighted by atomic mass is 32.1. The van der Waals surface area contributed by atoms with Gasteiger partial charge in [-0.15, -0.1) is 0 Å². The van der Waals surface area contributed by atoms with E-state index in [4.69, 9.17) is 0 Å². The number of nitrogens with one attached hydrogen (secondary N) is 1. The van der Waals surface area contributed by atoms with Gasteiger partial charge in [0.1, 0.15) is 5.54 Å². The first kappa shape index (κ1) is 12.7. The Bertz CT molecular complexity index is 314. The fourth-order valence-electron chi connectivity index (χ4n) is 2.76. The van der Waals surface area contributed by atoms with Crippen molar-refractivity contribution in [3.63, 3.8) is 0 Å². The highest BCUT2D eigenvalue weighted by Gasteiger charge is 2.50. The van der Waals surface area contributed by atoms with E-state index in [0.29, 0.717) is 6.54 Å². The van der Waals surface area contributed by atoms with Crippen molar-refractivity contribution in [3.05, 3.63) is 0 Å². The van der Waals surface area contributed by atoms with Crippen LogP contribution in [-0.4, -0.2) is 34.7 Å². The average Bonchev–Trinajstić information content (AvgIpc) is 2.55. The van der Waals surface area contributed by atoms with Crippen molar-refractivity contribution in [3.8, 4) is 0 Å². The zero-order chi connectivity index (χ0) is 12.3. The van der Waals surface area contributed by atoms with Crippen LogP contribution in [0.5, 0.6) is 0 Å². The van der Waals surface area contributed by atoms with Gasteiger partial charge in [0.05, 0.1) is 0 Å². The van der Waals surface area contributed by atoms with Crippen LogP contribution >= 0.6 is 12.6 Å². The van der Waals surface area contributed by atoms with Crippen LogP contribution < -0.4 is 5.32 Å². The highest BCUT2D eigenvalue weighted by Crippen LogP contribution is 2.33. The van der Waals surface area contributed by atoms with Gasteiger partial charge in [-0.1, -0.05) is 19.3 Å². The summed E-state index contributed by atoms with van der Waals surface area (Å²) in [4.78, 5) is 25.5. The molecule has 3 amide bonds. The Morgan fingerprint density at radius 3 is 2.53 bits per heavy atom. The molecule has 1 heterocycles. The second-order valence-electron chi connectivity index (χ2n) is 4.96. The van der Waals surface area contributed by atoms with E-state index in [9.17, 15) is 9.59 Å². The average molecular weight is 256 g/mol. The Hall–Kier alpha value is -0.710. The molecule has 96 valence electrons. The predicted molar refractivity (Wildman–Crippen MR) is 69.1 cm³/mol. The number of unbranched alkanes of at least 4 members (excludes halogenated alkanes) is 1. The molecule has 1 aliphatic heterocycles.